The minimum absolute atomic E-state index is 0.0399. The summed E-state index contributed by atoms with van der Waals surface area (Å²) in [5.41, 5.74) is 0. The SMILES string of the molecule is [CH2+]COC(=O)CC(=O)OCC. The first-order chi connectivity index (χ1) is 5.20. The molecular weight excluding hydrogens is 148 g/mol. The van der Waals surface area contributed by atoms with Crippen LogP contribution in [0.4, 0.5) is 0 Å². The van der Waals surface area contributed by atoms with Crippen molar-refractivity contribution in [2.24, 2.45) is 0 Å². The van der Waals surface area contributed by atoms with E-state index in [4.69, 9.17) is 0 Å². The van der Waals surface area contributed by atoms with Crippen LogP contribution in [0.25, 0.3) is 0 Å². The maximum Gasteiger partial charge on any atom is 0.320 e. The summed E-state index contributed by atoms with van der Waals surface area (Å²) in [7, 11) is 0. The van der Waals surface area contributed by atoms with Crippen LogP contribution in [-0.4, -0.2) is 25.2 Å². The van der Waals surface area contributed by atoms with Crippen molar-refractivity contribution in [3.63, 3.8) is 0 Å². The first-order valence-electron chi connectivity index (χ1n) is 3.31. The van der Waals surface area contributed by atoms with E-state index in [1.165, 1.54) is 0 Å². The van der Waals surface area contributed by atoms with Crippen molar-refractivity contribution >= 4 is 11.9 Å². The van der Waals surface area contributed by atoms with Crippen LogP contribution < -0.4 is 0 Å². The van der Waals surface area contributed by atoms with E-state index in [2.05, 4.69) is 16.4 Å². The maximum atomic E-state index is 10.6. The summed E-state index contributed by atoms with van der Waals surface area (Å²) in [6, 6.07) is 0. The van der Waals surface area contributed by atoms with Crippen LogP contribution in [-0.2, 0) is 19.1 Å². The van der Waals surface area contributed by atoms with Gasteiger partial charge in [-0.15, -0.1) is 0 Å². The highest BCUT2D eigenvalue weighted by molar-refractivity contribution is 5.91. The number of hydrogen-bond acceptors (Lipinski definition) is 4. The predicted octanol–water partition coefficient (Wildman–Crippen LogP) is 0.317. The van der Waals surface area contributed by atoms with Crippen molar-refractivity contribution in [1.82, 2.24) is 0 Å². The summed E-state index contributed by atoms with van der Waals surface area (Å²) in [5, 5.41) is 0. The standard InChI is InChI=1S/C7H11O4/c1-3-10-6(8)5-7(9)11-4-2/h1,3-5H2,2H3/q+1. The quantitative estimate of drug-likeness (QED) is 0.336. The summed E-state index contributed by atoms with van der Waals surface area (Å²) in [5.74, 6) is -1.16. The zero-order chi connectivity index (χ0) is 8.69. The van der Waals surface area contributed by atoms with Gasteiger partial charge in [-0.05, 0) is 6.92 Å². The molecule has 0 atom stereocenters. The molecule has 0 bridgehead atoms. The first kappa shape index (κ1) is 9.81. The Morgan fingerprint density at radius 2 is 1.82 bits per heavy atom. The van der Waals surface area contributed by atoms with Crippen LogP contribution in [0.1, 0.15) is 13.3 Å². The van der Waals surface area contributed by atoms with Crippen molar-refractivity contribution in [2.75, 3.05) is 13.2 Å². The van der Waals surface area contributed by atoms with Gasteiger partial charge in [0.25, 0.3) is 0 Å². The van der Waals surface area contributed by atoms with E-state index < -0.39 is 11.9 Å². The second-order valence-corrected chi connectivity index (χ2v) is 1.70. The van der Waals surface area contributed by atoms with Crippen molar-refractivity contribution in [3.05, 3.63) is 6.92 Å². The topological polar surface area (TPSA) is 52.6 Å². The fraction of sp³-hybridized carbons (Fsp3) is 0.571. The Morgan fingerprint density at radius 3 is 2.27 bits per heavy atom. The molecule has 0 aromatic rings. The van der Waals surface area contributed by atoms with Gasteiger partial charge in [0.1, 0.15) is 13.3 Å². The molecule has 0 saturated heterocycles. The Bertz CT molecular complexity index is 125. The second-order valence-electron chi connectivity index (χ2n) is 1.70. The smallest absolute Gasteiger partial charge is 0.320 e. The van der Waals surface area contributed by atoms with Gasteiger partial charge in [0, 0.05) is 0 Å². The Kier molecular flexibility index (Phi) is 4.98. The molecule has 4 nitrogen and oxygen atoms in total. The summed E-state index contributed by atoms with van der Waals surface area (Å²) in [6.07, 6.45) is -0.330. The van der Waals surface area contributed by atoms with Crippen molar-refractivity contribution < 1.29 is 19.1 Å². The summed E-state index contributed by atoms with van der Waals surface area (Å²) < 4.78 is 8.91. The monoisotopic (exact) mass is 159 g/mol. The molecule has 0 aliphatic rings. The Balaban J connectivity index is 3.49. The van der Waals surface area contributed by atoms with Crippen molar-refractivity contribution in [3.8, 4) is 0 Å². The highest BCUT2D eigenvalue weighted by Gasteiger charge is 2.10. The van der Waals surface area contributed by atoms with E-state index in [-0.39, 0.29) is 19.6 Å². The molecule has 0 heterocycles. The zero-order valence-electron chi connectivity index (χ0n) is 6.46. The minimum Gasteiger partial charge on any atom is -0.466 e. The van der Waals surface area contributed by atoms with Crippen LogP contribution in [0.3, 0.4) is 0 Å². The van der Waals surface area contributed by atoms with Crippen LogP contribution in [0.15, 0.2) is 0 Å². The molecular formula is C7H11O4+. The molecule has 0 radical (unpaired) electrons. The van der Waals surface area contributed by atoms with Gasteiger partial charge in [0.15, 0.2) is 0 Å². The summed E-state index contributed by atoms with van der Waals surface area (Å²) >= 11 is 0. The van der Waals surface area contributed by atoms with E-state index in [1.807, 2.05) is 0 Å². The number of hydrogen-bond donors (Lipinski definition) is 0. The molecule has 0 aliphatic heterocycles. The van der Waals surface area contributed by atoms with E-state index >= 15 is 0 Å². The number of ether oxygens (including phenoxy) is 2. The molecule has 11 heavy (non-hydrogen) atoms. The molecule has 0 spiro atoms. The summed E-state index contributed by atoms with van der Waals surface area (Å²) in [4.78, 5) is 21.2. The molecule has 0 unspecified atom stereocenters. The van der Waals surface area contributed by atoms with Gasteiger partial charge in [0.2, 0.25) is 6.61 Å². The normalized spacial score (nSPS) is 8.82. The zero-order valence-corrected chi connectivity index (χ0v) is 6.46. The molecule has 0 saturated carbocycles. The van der Waals surface area contributed by atoms with Gasteiger partial charge < -0.3 is 9.47 Å². The molecule has 0 aromatic carbocycles. The molecule has 0 rings (SSSR count). The van der Waals surface area contributed by atoms with E-state index in [0.29, 0.717) is 0 Å². The second kappa shape index (κ2) is 5.58. The Morgan fingerprint density at radius 1 is 1.27 bits per heavy atom. The van der Waals surface area contributed by atoms with E-state index in [9.17, 15) is 9.59 Å². The van der Waals surface area contributed by atoms with Gasteiger partial charge in [-0.25, -0.2) is 0 Å². The number of carbonyl (C=O) groups is 2. The highest BCUT2D eigenvalue weighted by atomic mass is 16.5. The number of carbonyl (C=O) groups excluding carboxylic acids is 2. The third-order valence-corrected chi connectivity index (χ3v) is 0.857. The lowest BCUT2D eigenvalue weighted by molar-refractivity contribution is -0.153. The van der Waals surface area contributed by atoms with Gasteiger partial charge in [0.05, 0.1) is 6.61 Å². The number of rotatable bonds is 4. The largest absolute Gasteiger partial charge is 0.466 e. The molecule has 4 heteroatoms. The fourth-order valence-electron chi connectivity index (χ4n) is 0.495. The van der Waals surface area contributed by atoms with Gasteiger partial charge >= 0.3 is 11.9 Å². The van der Waals surface area contributed by atoms with Crippen molar-refractivity contribution in [2.45, 2.75) is 13.3 Å². The molecule has 0 N–H and O–H groups in total. The first-order valence-corrected chi connectivity index (χ1v) is 3.31. The molecule has 62 valence electrons. The Labute approximate surface area is 65.5 Å². The lowest BCUT2D eigenvalue weighted by atomic mass is 10.4. The molecule has 0 amide bonds. The van der Waals surface area contributed by atoms with Crippen LogP contribution in [0, 0.1) is 6.92 Å². The molecule has 0 aromatic heterocycles. The molecule has 0 fully saturated rings. The fourth-order valence-corrected chi connectivity index (χ4v) is 0.495. The third kappa shape index (κ3) is 5.26. The van der Waals surface area contributed by atoms with E-state index in [0.717, 1.165) is 0 Å². The lowest BCUT2D eigenvalue weighted by Crippen LogP contribution is -2.13. The summed E-state index contributed by atoms with van der Waals surface area (Å²) in [6.45, 7) is 5.27. The average Bonchev–Trinajstić information content (AvgIpc) is 1.87. The van der Waals surface area contributed by atoms with Gasteiger partial charge in [-0.1, -0.05) is 0 Å². The van der Waals surface area contributed by atoms with Crippen LogP contribution in [0.2, 0.25) is 0 Å². The van der Waals surface area contributed by atoms with Crippen LogP contribution >= 0.6 is 0 Å². The number of esters is 2. The molecule has 0 aliphatic carbocycles. The van der Waals surface area contributed by atoms with Crippen LogP contribution in [0.5, 0.6) is 0 Å². The Hall–Kier alpha value is -1.19. The maximum absolute atomic E-state index is 10.6. The van der Waals surface area contributed by atoms with E-state index in [1.54, 1.807) is 6.92 Å². The highest BCUT2D eigenvalue weighted by Crippen LogP contribution is 1.89. The average molecular weight is 159 g/mol. The lowest BCUT2D eigenvalue weighted by Gasteiger charge is -1.99. The minimum atomic E-state index is -0.599. The van der Waals surface area contributed by atoms with Gasteiger partial charge in [-0.2, -0.15) is 0 Å². The van der Waals surface area contributed by atoms with Gasteiger partial charge in [-0.3, -0.25) is 9.59 Å². The predicted molar refractivity (Wildman–Crippen MR) is 37.6 cm³/mol. The van der Waals surface area contributed by atoms with Crippen molar-refractivity contribution in [1.29, 1.82) is 0 Å². The third-order valence-electron chi connectivity index (χ3n) is 0.857.